The van der Waals surface area contributed by atoms with Crippen molar-refractivity contribution >= 4 is 5.97 Å². The van der Waals surface area contributed by atoms with E-state index in [1.807, 2.05) is 30.3 Å². The number of hydrogen-bond donors (Lipinski definition) is 0. The molecule has 0 heterocycles. The molecule has 0 bridgehead atoms. The Hall–Kier alpha value is -1.57. The predicted molar refractivity (Wildman–Crippen MR) is 118 cm³/mol. The number of para-hydroxylation sites is 1. The van der Waals surface area contributed by atoms with E-state index in [9.17, 15) is 4.79 Å². The minimum absolute atomic E-state index is 0.105. The van der Waals surface area contributed by atoms with Crippen LogP contribution in [0, 0.1) is 17.8 Å². The highest BCUT2D eigenvalue weighted by Crippen LogP contribution is 2.35. The van der Waals surface area contributed by atoms with Crippen LogP contribution in [-0.4, -0.2) is 5.97 Å². The summed E-state index contributed by atoms with van der Waals surface area (Å²) >= 11 is 0. The lowest BCUT2D eigenvalue weighted by Crippen LogP contribution is -2.15. The number of ether oxygens (including phenoxy) is 1. The number of benzene rings is 1. The Bertz CT molecular complexity index is 586. The highest BCUT2D eigenvalue weighted by atomic mass is 16.5. The number of rotatable bonds is 12. The maximum absolute atomic E-state index is 12.2. The van der Waals surface area contributed by atoms with E-state index in [0.29, 0.717) is 18.1 Å². The van der Waals surface area contributed by atoms with E-state index in [4.69, 9.17) is 4.74 Å². The molecule has 2 unspecified atom stereocenters. The lowest BCUT2D eigenvalue weighted by molar-refractivity contribution is -0.134. The molecule has 2 heteroatoms. The first-order valence-corrected chi connectivity index (χ1v) is 11.6. The second-order valence-corrected chi connectivity index (χ2v) is 8.49. The van der Waals surface area contributed by atoms with E-state index in [1.165, 1.54) is 57.8 Å². The molecule has 0 saturated carbocycles. The van der Waals surface area contributed by atoms with Crippen LogP contribution < -0.4 is 4.74 Å². The summed E-state index contributed by atoms with van der Waals surface area (Å²) in [6, 6.07) is 9.41. The topological polar surface area (TPSA) is 26.3 Å². The van der Waals surface area contributed by atoms with Crippen molar-refractivity contribution in [1.29, 1.82) is 0 Å². The van der Waals surface area contributed by atoms with Crippen molar-refractivity contribution in [3.8, 4) is 5.75 Å². The van der Waals surface area contributed by atoms with Crippen LogP contribution in [0.2, 0.25) is 0 Å². The smallest absolute Gasteiger partial charge is 0.311 e. The predicted octanol–water partition coefficient (Wildman–Crippen LogP) is 7.73. The van der Waals surface area contributed by atoms with Gasteiger partial charge < -0.3 is 4.74 Å². The van der Waals surface area contributed by atoms with Gasteiger partial charge >= 0.3 is 5.97 Å². The van der Waals surface area contributed by atoms with E-state index in [1.54, 1.807) is 5.57 Å². The van der Waals surface area contributed by atoms with Crippen molar-refractivity contribution in [2.24, 2.45) is 17.8 Å². The third-order valence-corrected chi connectivity index (χ3v) is 6.53. The van der Waals surface area contributed by atoms with Crippen LogP contribution in [0.15, 0.2) is 42.0 Å². The van der Waals surface area contributed by atoms with Gasteiger partial charge in [0.2, 0.25) is 0 Å². The fraction of sp³-hybridized carbons (Fsp3) is 0.654. The summed E-state index contributed by atoms with van der Waals surface area (Å²) in [6.45, 7) is 6.90. The zero-order chi connectivity index (χ0) is 20.2. The Morgan fingerprint density at radius 3 is 2.43 bits per heavy atom. The van der Waals surface area contributed by atoms with Crippen molar-refractivity contribution < 1.29 is 9.53 Å². The fourth-order valence-corrected chi connectivity index (χ4v) is 4.54. The summed E-state index contributed by atoms with van der Waals surface area (Å²) < 4.78 is 5.46. The van der Waals surface area contributed by atoms with Crippen molar-refractivity contribution in [2.45, 2.75) is 91.4 Å². The standard InChI is InChI=1S/C26H40O2/c1-4-10-23(19-20-26(27)28-25-11-8-7-9-12-25)24-17-15-22(16-18-24)14-13-21(5-2)6-3/h7-9,11-12,17,21-23H,4-6,10,13-16,18-20H2,1-3H3. The second kappa shape index (κ2) is 12.8. The molecule has 0 N–H and O–H groups in total. The molecule has 0 aromatic heterocycles. The molecule has 156 valence electrons. The summed E-state index contributed by atoms with van der Waals surface area (Å²) in [5, 5.41) is 0. The first-order chi connectivity index (χ1) is 13.7. The van der Waals surface area contributed by atoms with Gasteiger partial charge in [0.15, 0.2) is 0 Å². The van der Waals surface area contributed by atoms with Crippen molar-refractivity contribution in [1.82, 2.24) is 0 Å². The Morgan fingerprint density at radius 1 is 1.07 bits per heavy atom. The summed E-state index contributed by atoms with van der Waals surface area (Å²) in [5.74, 6) is 2.88. The Kier molecular flexibility index (Phi) is 10.4. The third-order valence-electron chi connectivity index (χ3n) is 6.53. The minimum atomic E-state index is -0.105. The summed E-state index contributed by atoms with van der Waals surface area (Å²) in [7, 11) is 0. The summed E-state index contributed by atoms with van der Waals surface area (Å²) in [6.07, 6.45) is 15.5. The third kappa shape index (κ3) is 7.81. The van der Waals surface area contributed by atoms with Gasteiger partial charge in [0.1, 0.15) is 5.75 Å². The van der Waals surface area contributed by atoms with Crippen LogP contribution in [0.4, 0.5) is 0 Å². The maximum Gasteiger partial charge on any atom is 0.311 e. The van der Waals surface area contributed by atoms with Gasteiger partial charge in [0.05, 0.1) is 0 Å². The first-order valence-electron chi connectivity index (χ1n) is 11.6. The van der Waals surface area contributed by atoms with Crippen LogP contribution in [0.1, 0.15) is 91.4 Å². The van der Waals surface area contributed by atoms with Gasteiger partial charge in [-0.15, -0.1) is 0 Å². The zero-order valence-electron chi connectivity index (χ0n) is 18.3. The minimum Gasteiger partial charge on any atom is -0.427 e. The van der Waals surface area contributed by atoms with Gasteiger partial charge in [-0.25, -0.2) is 0 Å². The molecule has 1 aromatic rings. The van der Waals surface area contributed by atoms with Gasteiger partial charge in [0, 0.05) is 6.42 Å². The second-order valence-electron chi connectivity index (χ2n) is 8.49. The van der Waals surface area contributed by atoms with E-state index in [-0.39, 0.29) is 5.97 Å². The molecule has 0 amide bonds. The summed E-state index contributed by atoms with van der Waals surface area (Å²) in [5.41, 5.74) is 1.60. The van der Waals surface area contributed by atoms with Crippen LogP contribution in [-0.2, 0) is 4.79 Å². The van der Waals surface area contributed by atoms with Gasteiger partial charge in [-0.2, -0.15) is 0 Å². The zero-order valence-corrected chi connectivity index (χ0v) is 18.3. The van der Waals surface area contributed by atoms with Crippen LogP contribution >= 0.6 is 0 Å². The molecule has 0 radical (unpaired) electrons. The van der Waals surface area contributed by atoms with E-state index in [2.05, 4.69) is 26.8 Å². The van der Waals surface area contributed by atoms with Gasteiger partial charge in [-0.1, -0.05) is 76.3 Å². The van der Waals surface area contributed by atoms with Gasteiger partial charge in [-0.3, -0.25) is 4.79 Å². The molecule has 1 aliphatic rings. The number of esters is 1. The fourth-order valence-electron chi connectivity index (χ4n) is 4.54. The molecule has 0 saturated heterocycles. The lowest BCUT2D eigenvalue weighted by Gasteiger charge is -2.28. The molecule has 1 aromatic carbocycles. The number of allylic oxidation sites excluding steroid dienone is 2. The molecular formula is C26H40O2. The highest BCUT2D eigenvalue weighted by molar-refractivity contribution is 5.72. The maximum atomic E-state index is 12.2. The van der Waals surface area contributed by atoms with Crippen molar-refractivity contribution in [2.75, 3.05) is 0 Å². The molecule has 2 rings (SSSR count). The van der Waals surface area contributed by atoms with Crippen LogP contribution in [0.3, 0.4) is 0 Å². The van der Waals surface area contributed by atoms with Crippen molar-refractivity contribution in [3.05, 3.63) is 42.0 Å². The quantitative estimate of drug-likeness (QED) is 0.209. The SMILES string of the molecule is CCCC(CCC(=O)Oc1ccccc1)C1=CCC(CCC(CC)CC)CC1. The monoisotopic (exact) mass is 384 g/mol. The molecule has 2 atom stereocenters. The van der Waals surface area contributed by atoms with Crippen molar-refractivity contribution in [3.63, 3.8) is 0 Å². The molecule has 0 fully saturated rings. The van der Waals surface area contributed by atoms with Crippen LogP contribution in [0.25, 0.3) is 0 Å². The summed E-state index contributed by atoms with van der Waals surface area (Å²) in [4.78, 5) is 12.2. The van der Waals surface area contributed by atoms with Crippen LogP contribution in [0.5, 0.6) is 5.75 Å². The Labute approximate surface area is 172 Å². The molecule has 2 nitrogen and oxygen atoms in total. The molecule has 28 heavy (non-hydrogen) atoms. The molecule has 0 aliphatic heterocycles. The van der Waals surface area contributed by atoms with E-state index < -0.39 is 0 Å². The number of carbonyl (C=O) groups excluding carboxylic acids is 1. The van der Waals surface area contributed by atoms with E-state index >= 15 is 0 Å². The average Bonchev–Trinajstić information content (AvgIpc) is 2.73. The Morgan fingerprint density at radius 2 is 1.82 bits per heavy atom. The molecule has 1 aliphatic carbocycles. The molecule has 0 spiro atoms. The lowest BCUT2D eigenvalue weighted by atomic mass is 9.78. The largest absolute Gasteiger partial charge is 0.427 e. The molecular weight excluding hydrogens is 344 g/mol. The highest BCUT2D eigenvalue weighted by Gasteiger charge is 2.22. The van der Waals surface area contributed by atoms with Gasteiger partial charge in [0.25, 0.3) is 0 Å². The average molecular weight is 385 g/mol. The first kappa shape index (κ1) is 22.7. The van der Waals surface area contributed by atoms with E-state index in [0.717, 1.165) is 18.3 Å². The van der Waals surface area contributed by atoms with Gasteiger partial charge in [-0.05, 0) is 68.4 Å². The normalized spacial score (nSPS) is 18.0. The number of carbonyl (C=O) groups is 1. The Balaban J connectivity index is 1.80. The number of hydrogen-bond acceptors (Lipinski definition) is 2.